The third-order valence-electron chi connectivity index (χ3n) is 4.11. The van der Waals surface area contributed by atoms with Crippen LogP contribution < -0.4 is 4.74 Å². The molecule has 0 saturated carbocycles. The van der Waals surface area contributed by atoms with Gasteiger partial charge in [0.1, 0.15) is 23.3 Å². The van der Waals surface area contributed by atoms with Crippen LogP contribution in [0, 0.1) is 13.8 Å². The van der Waals surface area contributed by atoms with E-state index in [1.54, 1.807) is 16.8 Å². The molecule has 1 N–H and O–H groups in total. The second kappa shape index (κ2) is 7.10. The molecule has 1 aromatic heterocycles. The molecule has 0 unspecified atom stereocenters. The van der Waals surface area contributed by atoms with Crippen molar-refractivity contribution in [3.05, 3.63) is 62.7 Å². The predicted octanol–water partition coefficient (Wildman–Crippen LogP) is 5.40. The predicted molar refractivity (Wildman–Crippen MR) is 103 cm³/mol. The van der Waals surface area contributed by atoms with Crippen molar-refractivity contribution in [2.45, 2.75) is 20.5 Å². The lowest BCUT2D eigenvalue weighted by Gasteiger charge is -2.12. The average Bonchev–Trinajstić information content (AvgIpc) is 2.83. The second-order valence-electron chi connectivity index (χ2n) is 5.89. The number of benzene rings is 2. The summed E-state index contributed by atoms with van der Waals surface area (Å²) in [6.07, 6.45) is 0. The number of aromatic hydroxyl groups is 1. The first-order valence-corrected chi connectivity index (χ1v) is 8.95. The van der Waals surface area contributed by atoms with Gasteiger partial charge in [-0.15, -0.1) is 0 Å². The first-order chi connectivity index (χ1) is 11.9. The molecule has 6 heteroatoms. The van der Waals surface area contributed by atoms with Crippen LogP contribution in [0.15, 0.2) is 40.9 Å². The fraction of sp³-hybridized carbons (Fsp3) is 0.211. The van der Waals surface area contributed by atoms with E-state index >= 15 is 0 Å². The Morgan fingerprint density at radius 2 is 2.00 bits per heavy atom. The van der Waals surface area contributed by atoms with Crippen LogP contribution in [-0.2, 0) is 13.7 Å². The molecule has 2 aromatic carbocycles. The molecule has 3 rings (SSSR count). The Morgan fingerprint density at radius 1 is 1.24 bits per heavy atom. The minimum absolute atomic E-state index is 0.211. The maximum Gasteiger partial charge on any atom is 0.130 e. The van der Waals surface area contributed by atoms with Crippen molar-refractivity contribution in [2.24, 2.45) is 7.05 Å². The fourth-order valence-corrected chi connectivity index (χ4v) is 3.28. The molecule has 0 bridgehead atoms. The topological polar surface area (TPSA) is 47.3 Å². The van der Waals surface area contributed by atoms with Crippen LogP contribution in [0.3, 0.4) is 0 Å². The first-order valence-electron chi connectivity index (χ1n) is 7.77. The van der Waals surface area contributed by atoms with Gasteiger partial charge < -0.3 is 9.84 Å². The fourth-order valence-electron chi connectivity index (χ4n) is 2.68. The van der Waals surface area contributed by atoms with Crippen molar-refractivity contribution in [3.63, 3.8) is 0 Å². The summed E-state index contributed by atoms with van der Waals surface area (Å²) in [7, 11) is 1.83. The summed E-state index contributed by atoms with van der Waals surface area (Å²) in [5, 5.41) is 15.1. The summed E-state index contributed by atoms with van der Waals surface area (Å²) >= 11 is 9.65. The number of nitrogens with zero attached hydrogens (tertiary/aromatic N) is 2. The van der Waals surface area contributed by atoms with Gasteiger partial charge in [-0.2, -0.15) is 5.10 Å². The molecular formula is C19H18BrClN2O2. The van der Waals surface area contributed by atoms with E-state index in [4.69, 9.17) is 16.3 Å². The Kier molecular flexibility index (Phi) is 5.06. The van der Waals surface area contributed by atoms with E-state index < -0.39 is 0 Å². The smallest absolute Gasteiger partial charge is 0.130 e. The summed E-state index contributed by atoms with van der Waals surface area (Å²) in [4.78, 5) is 0. The molecule has 0 amide bonds. The van der Waals surface area contributed by atoms with Gasteiger partial charge in [-0.25, -0.2) is 0 Å². The van der Waals surface area contributed by atoms with E-state index in [-0.39, 0.29) is 12.4 Å². The Bertz CT molecular complexity index is 917. The van der Waals surface area contributed by atoms with Crippen molar-refractivity contribution in [2.75, 3.05) is 0 Å². The molecule has 0 spiro atoms. The number of ether oxygens (including phenoxy) is 1. The average molecular weight is 422 g/mol. The third-order valence-corrected chi connectivity index (χ3v) is 5.38. The van der Waals surface area contributed by atoms with Crippen molar-refractivity contribution in [3.8, 4) is 22.8 Å². The van der Waals surface area contributed by atoms with E-state index in [0.717, 1.165) is 38.2 Å². The highest BCUT2D eigenvalue weighted by atomic mass is 79.9. The molecule has 0 radical (unpaired) electrons. The molecule has 25 heavy (non-hydrogen) atoms. The van der Waals surface area contributed by atoms with E-state index in [0.29, 0.717) is 5.15 Å². The Morgan fingerprint density at radius 3 is 2.60 bits per heavy atom. The Hall–Kier alpha value is -1.98. The van der Waals surface area contributed by atoms with Crippen molar-refractivity contribution in [1.29, 1.82) is 0 Å². The molecule has 0 aliphatic rings. The van der Waals surface area contributed by atoms with Crippen LogP contribution in [0.5, 0.6) is 11.5 Å². The molecular weight excluding hydrogens is 404 g/mol. The van der Waals surface area contributed by atoms with Crippen LogP contribution in [-0.4, -0.2) is 14.9 Å². The summed E-state index contributed by atoms with van der Waals surface area (Å²) in [6.45, 7) is 4.22. The van der Waals surface area contributed by atoms with Crippen molar-refractivity contribution in [1.82, 2.24) is 9.78 Å². The number of rotatable bonds is 4. The molecule has 0 aliphatic heterocycles. The summed E-state index contributed by atoms with van der Waals surface area (Å²) < 4.78 is 8.38. The summed E-state index contributed by atoms with van der Waals surface area (Å²) in [5.41, 5.74) is 4.53. The van der Waals surface area contributed by atoms with E-state index in [9.17, 15) is 5.11 Å². The highest BCUT2D eigenvalue weighted by molar-refractivity contribution is 9.10. The van der Waals surface area contributed by atoms with Gasteiger partial charge in [0.05, 0.1) is 5.69 Å². The number of hydrogen-bond donors (Lipinski definition) is 1. The highest BCUT2D eigenvalue weighted by Gasteiger charge is 2.14. The minimum Gasteiger partial charge on any atom is -0.507 e. The van der Waals surface area contributed by atoms with Crippen molar-refractivity contribution < 1.29 is 9.84 Å². The number of hydrogen-bond acceptors (Lipinski definition) is 3. The second-order valence-corrected chi connectivity index (χ2v) is 7.11. The minimum atomic E-state index is 0.211. The molecule has 0 aliphatic carbocycles. The van der Waals surface area contributed by atoms with Gasteiger partial charge in [0, 0.05) is 28.2 Å². The molecule has 3 aromatic rings. The molecule has 1 heterocycles. The largest absolute Gasteiger partial charge is 0.507 e. The van der Waals surface area contributed by atoms with Gasteiger partial charge in [-0.05, 0) is 49.7 Å². The monoisotopic (exact) mass is 420 g/mol. The summed E-state index contributed by atoms with van der Waals surface area (Å²) in [6, 6.07) is 11.2. The zero-order chi connectivity index (χ0) is 18.1. The van der Waals surface area contributed by atoms with Gasteiger partial charge in [0.2, 0.25) is 0 Å². The lowest BCUT2D eigenvalue weighted by molar-refractivity contribution is 0.296. The SMILES string of the molecule is Cc1cc(-c2nn(C)c(Cl)c2C)ccc1OCc1c(O)cccc1Br. The van der Waals surface area contributed by atoms with Gasteiger partial charge in [0.15, 0.2) is 0 Å². The quantitative estimate of drug-likeness (QED) is 0.613. The van der Waals surface area contributed by atoms with E-state index in [1.165, 1.54) is 0 Å². The highest BCUT2D eigenvalue weighted by Crippen LogP contribution is 2.32. The van der Waals surface area contributed by atoms with Crippen LogP contribution in [0.2, 0.25) is 5.15 Å². The van der Waals surface area contributed by atoms with Gasteiger partial charge >= 0.3 is 0 Å². The molecule has 130 valence electrons. The standard InChI is InChI=1S/C19H18BrClN2O2/c1-11-9-13(18-12(2)19(21)23(3)22-18)7-8-17(11)25-10-14-15(20)5-4-6-16(14)24/h4-9,24H,10H2,1-3H3. The lowest BCUT2D eigenvalue weighted by atomic mass is 10.1. The van der Waals surface area contributed by atoms with Crippen LogP contribution in [0.4, 0.5) is 0 Å². The van der Waals surface area contributed by atoms with Crippen LogP contribution in [0.1, 0.15) is 16.7 Å². The Labute approximate surface area is 160 Å². The number of phenols is 1. The number of aromatic nitrogens is 2. The maximum absolute atomic E-state index is 9.96. The lowest BCUT2D eigenvalue weighted by Crippen LogP contribution is -1.99. The first kappa shape index (κ1) is 17.8. The number of aryl methyl sites for hydroxylation is 2. The number of phenolic OH excluding ortho intramolecular Hbond substituents is 1. The van der Waals surface area contributed by atoms with E-state index in [2.05, 4.69) is 21.0 Å². The summed E-state index contributed by atoms with van der Waals surface area (Å²) in [5.74, 6) is 0.973. The number of halogens is 2. The zero-order valence-electron chi connectivity index (χ0n) is 14.2. The van der Waals surface area contributed by atoms with Gasteiger partial charge in [0.25, 0.3) is 0 Å². The molecule has 4 nitrogen and oxygen atoms in total. The zero-order valence-corrected chi connectivity index (χ0v) is 16.5. The van der Waals surface area contributed by atoms with Gasteiger partial charge in [-0.3, -0.25) is 4.68 Å². The van der Waals surface area contributed by atoms with Crippen molar-refractivity contribution >= 4 is 27.5 Å². The normalized spacial score (nSPS) is 10.9. The molecule has 0 fully saturated rings. The molecule has 0 atom stereocenters. The van der Waals surface area contributed by atoms with Crippen LogP contribution >= 0.6 is 27.5 Å². The van der Waals surface area contributed by atoms with E-state index in [1.807, 2.05) is 45.2 Å². The van der Waals surface area contributed by atoms with Gasteiger partial charge in [-0.1, -0.05) is 33.6 Å². The Balaban J connectivity index is 1.84. The molecule has 0 saturated heterocycles. The maximum atomic E-state index is 9.96. The van der Waals surface area contributed by atoms with Crippen LogP contribution in [0.25, 0.3) is 11.3 Å². The third kappa shape index (κ3) is 3.53.